The van der Waals surface area contributed by atoms with E-state index in [1.807, 2.05) is 0 Å². The van der Waals surface area contributed by atoms with E-state index >= 15 is 0 Å². The predicted octanol–water partition coefficient (Wildman–Crippen LogP) is 1.71. The first-order chi connectivity index (χ1) is 9.27. The number of rotatable bonds is 3. The van der Waals surface area contributed by atoms with Gasteiger partial charge in [0.05, 0.1) is 5.41 Å². The second-order valence-corrected chi connectivity index (χ2v) is 6.73. The van der Waals surface area contributed by atoms with Crippen LogP contribution in [0.25, 0.3) is 0 Å². The molecule has 20 heavy (non-hydrogen) atoms. The molecule has 4 saturated carbocycles. The van der Waals surface area contributed by atoms with Gasteiger partial charge in [-0.3, -0.25) is 9.59 Å². The molecule has 5 nitrogen and oxygen atoms in total. The van der Waals surface area contributed by atoms with E-state index in [0.29, 0.717) is 37.7 Å². The highest BCUT2D eigenvalue weighted by Gasteiger charge is 2.65. The second-order valence-electron chi connectivity index (χ2n) is 6.73. The Bertz CT molecular complexity index is 514. The maximum Gasteiger partial charge on any atom is 0.333 e. The molecular weight excluding hydrogens is 260 g/mol. The van der Waals surface area contributed by atoms with Crippen molar-refractivity contribution in [3.05, 3.63) is 12.2 Å². The summed E-state index contributed by atoms with van der Waals surface area (Å²) in [5, 5.41) is 9.55. The van der Waals surface area contributed by atoms with Crippen molar-refractivity contribution in [1.82, 2.24) is 0 Å². The summed E-state index contributed by atoms with van der Waals surface area (Å²) in [6.07, 6.45) is 2.05. The van der Waals surface area contributed by atoms with E-state index in [-0.39, 0.29) is 17.6 Å². The van der Waals surface area contributed by atoms with Gasteiger partial charge in [-0.25, -0.2) is 4.79 Å². The Hall–Kier alpha value is -1.65. The molecule has 2 atom stereocenters. The average molecular weight is 278 g/mol. The fourth-order valence-corrected chi connectivity index (χ4v) is 4.45. The van der Waals surface area contributed by atoms with Gasteiger partial charge in [-0.1, -0.05) is 6.58 Å². The third-order valence-electron chi connectivity index (χ3n) is 5.09. The molecule has 0 spiro atoms. The fraction of sp³-hybridized carbons (Fsp3) is 0.667. The first-order valence-corrected chi connectivity index (χ1v) is 6.93. The molecule has 0 amide bonds. The number of ether oxygens (including phenoxy) is 1. The van der Waals surface area contributed by atoms with Crippen LogP contribution >= 0.6 is 0 Å². The Balaban J connectivity index is 1.94. The minimum Gasteiger partial charge on any atom is -0.481 e. The molecule has 0 aromatic heterocycles. The summed E-state index contributed by atoms with van der Waals surface area (Å²) in [6, 6.07) is 0. The van der Waals surface area contributed by atoms with Gasteiger partial charge in [0.15, 0.2) is 0 Å². The lowest BCUT2D eigenvalue weighted by Gasteiger charge is -2.58. The summed E-state index contributed by atoms with van der Waals surface area (Å²) in [5.74, 6) is -1.74. The van der Waals surface area contributed by atoms with Crippen LogP contribution in [0.2, 0.25) is 0 Å². The highest BCUT2D eigenvalue weighted by Crippen LogP contribution is 2.61. The van der Waals surface area contributed by atoms with Gasteiger partial charge in [-0.15, -0.1) is 0 Å². The second kappa shape index (κ2) is 3.93. The SMILES string of the molecule is C=C(C)C(=O)OC12CC3CC(C(=O)O)(CC(C1)C3=O)C2. The zero-order chi connectivity index (χ0) is 14.7. The van der Waals surface area contributed by atoms with Crippen LogP contribution in [0.1, 0.15) is 39.0 Å². The van der Waals surface area contributed by atoms with Gasteiger partial charge in [-0.2, -0.15) is 0 Å². The Labute approximate surface area is 117 Å². The van der Waals surface area contributed by atoms with E-state index in [0.717, 1.165) is 0 Å². The monoisotopic (exact) mass is 278 g/mol. The van der Waals surface area contributed by atoms with Gasteiger partial charge >= 0.3 is 11.9 Å². The zero-order valence-electron chi connectivity index (χ0n) is 11.5. The molecule has 108 valence electrons. The van der Waals surface area contributed by atoms with Crippen molar-refractivity contribution >= 4 is 17.7 Å². The van der Waals surface area contributed by atoms with Gasteiger partial charge < -0.3 is 9.84 Å². The minimum atomic E-state index is -0.894. The predicted molar refractivity (Wildman–Crippen MR) is 68.8 cm³/mol. The van der Waals surface area contributed by atoms with Crippen LogP contribution in [0, 0.1) is 17.3 Å². The van der Waals surface area contributed by atoms with Crippen LogP contribution in [0.5, 0.6) is 0 Å². The van der Waals surface area contributed by atoms with Crippen LogP contribution in [-0.4, -0.2) is 28.4 Å². The van der Waals surface area contributed by atoms with E-state index in [1.165, 1.54) is 0 Å². The molecule has 4 aliphatic carbocycles. The Morgan fingerprint density at radius 1 is 1.25 bits per heavy atom. The van der Waals surface area contributed by atoms with Crippen LogP contribution in [0.3, 0.4) is 0 Å². The van der Waals surface area contributed by atoms with Gasteiger partial charge in [0.25, 0.3) is 0 Å². The molecule has 0 heterocycles. The normalized spacial score (nSPS) is 41.5. The summed E-state index contributed by atoms with van der Waals surface area (Å²) >= 11 is 0. The lowest BCUT2D eigenvalue weighted by Crippen LogP contribution is -2.63. The molecule has 0 saturated heterocycles. The van der Waals surface area contributed by atoms with E-state index in [2.05, 4.69) is 6.58 Å². The van der Waals surface area contributed by atoms with Crippen LogP contribution in [0.4, 0.5) is 0 Å². The molecule has 1 N–H and O–H groups in total. The molecule has 0 aromatic carbocycles. The third-order valence-corrected chi connectivity index (χ3v) is 5.09. The summed E-state index contributed by atoms with van der Waals surface area (Å²) in [4.78, 5) is 35.6. The summed E-state index contributed by atoms with van der Waals surface area (Å²) < 4.78 is 5.58. The Kier molecular flexibility index (Phi) is 2.62. The number of carboxylic acids is 1. The van der Waals surface area contributed by atoms with Crippen LogP contribution < -0.4 is 0 Å². The molecule has 4 fully saturated rings. The van der Waals surface area contributed by atoms with E-state index in [9.17, 15) is 19.5 Å². The van der Waals surface area contributed by atoms with Crippen LogP contribution in [-0.2, 0) is 19.1 Å². The average Bonchev–Trinajstić information content (AvgIpc) is 2.34. The van der Waals surface area contributed by atoms with E-state index in [4.69, 9.17) is 4.74 Å². The Morgan fingerprint density at radius 3 is 2.25 bits per heavy atom. The quantitative estimate of drug-likeness (QED) is 0.628. The number of Topliss-reactive ketones (excluding diaryl/α,β-unsaturated/α-hetero) is 1. The maximum absolute atomic E-state index is 12.1. The summed E-state index contributed by atoms with van der Waals surface area (Å²) in [5.41, 5.74) is -1.38. The van der Waals surface area contributed by atoms with Gasteiger partial charge in [-0.05, 0) is 32.6 Å². The molecular formula is C15H18O5. The number of carbonyl (C=O) groups excluding carboxylic acids is 2. The smallest absolute Gasteiger partial charge is 0.333 e. The van der Waals surface area contributed by atoms with Gasteiger partial charge in [0.1, 0.15) is 11.4 Å². The number of aliphatic carboxylic acids is 1. The maximum atomic E-state index is 12.1. The first kappa shape index (κ1) is 13.3. The Morgan fingerprint density at radius 2 is 1.80 bits per heavy atom. The largest absolute Gasteiger partial charge is 0.481 e. The number of carboxylic acid groups (broad SMARTS) is 1. The molecule has 4 rings (SSSR count). The fourth-order valence-electron chi connectivity index (χ4n) is 4.45. The number of ketones is 1. The molecule has 2 unspecified atom stereocenters. The number of hydrogen-bond donors (Lipinski definition) is 1. The van der Waals surface area contributed by atoms with Crippen LogP contribution in [0.15, 0.2) is 12.2 Å². The molecule has 0 aromatic rings. The summed E-state index contributed by atoms with van der Waals surface area (Å²) in [7, 11) is 0. The first-order valence-electron chi connectivity index (χ1n) is 6.93. The van der Waals surface area contributed by atoms with Crippen molar-refractivity contribution in [2.45, 2.75) is 44.6 Å². The zero-order valence-corrected chi connectivity index (χ0v) is 11.5. The summed E-state index contributed by atoms with van der Waals surface area (Å²) in [6.45, 7) is 5.13. The number of esters is 1. The highest BCUT2D eigenvalue weighted by atomic mass is 16.6. The van der Waals surface area contributed by atoms with Crippen molar-refractivity contribution < 1.29 is 24.2 Å². The molecule has 4 bridgehead atoms. The van der Waals surface area contributed by atoms with E-state index < -0.39 is 23.0 Å². The van der Waals surface area contributed by atoms with Gasteiger partial charge in [0.2, 0.25) is 0 Å². The molecule has 4 aliphatic rings. The lowest BCUT2D eigenvalue weighted by atomic mass is 9.47. The lowest BCUT2D eigenvalue weighted by molar-refractivity contribution is -0.206. The van der Waals surface area contributed by atoms with Crippen molar-refractivity contribution in [3.8, 4) is 0 Å². The van der Waals surface area contributed by atoms with E-state index in [1.54, 1.807) is 6.92 Å². The number of carbonyl (C=O) groups is 3. The topological polar surface area (TPSA) is 80.7 Å². The molecule has 0 aliphatic heterocycles. The highest BCUT2D eigenvalue weighted by molar-refractivity contribution is 5.91. The third kappa shape index (κ3) is 1.72. The molecule has 5 heteroatoms. The molecule has 0 radical (unpaired) electrons. The van der Waals surface area contributed by atoms with Crippen molar-refractivity contribution in [2.75, 3.05) is 0 Å². The van der Waals surface area contributed by atoms with Crippen molar-refractivity contribution in [3.63, 3.8) is 0 Å². The van der Waals surface area contributed by atoms with Gasteiger partial charge in [0, 0.05) is 23.8 Å². The number of hydrogen-bond acceptors (Lipinski definition) is 4. The standard InChI is InChI=1S/C15H18O5/c1-8(2)12(17)20-15-5-9-3-14(7-15,13(18)19)4-10(6-15)11(9)16/h9-10H,1,3-7H2,2H3,(H,18,19). The minimum absolute atomic E-state index is 0.156. The van der Waals surface area contributed by atoms with Crippen molar-refractivity contribution in [2.24, 2.45) is 17.3 Å². The van der Waals surface area contributed by atoms with Crippen molar-refractivity contribution in [1.29, 1.82) is 0 Å².